The van der Waals surface area contributed by atoms with E-state index in [1.807, 2.05) is 0 Å². The summed E-state index contributed by atoms with van der Waals surface area (Å²) in [6.45, 7) is 1.23. The highest BCUT2D eigenvalue weighted by molar-refractivity contribution is 6.31. The van der Waals surface area contributed by atoms with Crippen molar-refractivity contribution in [1.29, 1.82) is 0 Å². The topological polar surface area (TPSA) is 80.4 Å². The van der Waals surface area contributed by atoms with E-state index in [4.69, 9.17) is 21.1 Å². The zero-order chi connectivity index (χ0) is 17.6. The Balaban J connectivity index is 1.59. The normalized spacial score (nSPS) is 27.8. The molecule has 0 unspecified atom stereocenters. The molecule has 0 radical (unpaired) electrons. The number of H-pyrrole nitrogens is 1. The minimum atomic E-state index is -0.366. The number of nitrogens with one attached hydrogen (secondary N) is 2. The van der Waals surface area contributed by atoms with Crippen LogP contribution < -0.4 is 10.7 Å². The van der Waals surface area contributed by atoms with E-state index in [1.165, 1.54) is 6.20 Å². The molecule has 1 saturated heterocycles. The average molecular weight is 363 g/mol. The SMILES string of the molecule is COC[C@@H]1[C@H](NC(=O)c2c[nH]c3cc(Cl)ccc3c2=O)[C@@H]2CCO[C@H]12. The van der Waals surface area contributed by atoms with Crippen molar-refractivity contribution >= 4 is 28.4 Å². The summed E-state index contributed by atoms with van der Waals surface area (Å²) in [5.41, 5.74) is 0.414. The van der Waals surface area contributed by atoms with Gasteiger partial charge in [0.1, 0.15) is 5.56 Å². The first-order chi connectivity index (χ1) is 12.1. The molecule has 2 heterocycles. The van der Waals surface area contributed by atoms with Crippen molar-refractivity contribution in [1.82, 2.24) is 10.3 Å². The van der Waals surface area contributed by atoms with Crippen molar-refractivity contribution in [3.63, 3.8) is 0 Å². The fourth-order valence-electron chi connectivity index (χ4n) is 4.03. The molecule has 0 bridgehead atoms. The maximum Gasteiger partial charge on any atom is 0.257 e. The fourth-order valence-corrected chi connectivity index (χ4v) is 4.20. The van der Waals surface area contributed by atoms with Crippen LogP contribution in [0.4, 0.5) is 0 Å². The van der Waals surface area contributed by atoms with Gasteiger partial charge in [0.15, 0.2) is 0 Å². The van der Waals surface area contributed by atoms with Crippen LogP contribution in [0.5, 0.6) is 0 Å². The molecule has 1 aliphatic carbocycles. The highest BCUT2D eigenvalue weighted by Crippen LogP contribution is 2.43. The van der Waals surface area contributed by atoms with E-state index in [1.54, 1.807) is 25.3 Å². The minimum absolute atomic E-state index is 0.0275. The lowest BCUT2D eigenvalue weighted by Gasteiger charge is -2.47. The molecule has 1 amide bonds. The molecule has 1 aromatic carbocycles. The molecule has 2 aromatic rings. The summed E-state index contributed by atoms with van der Waals surface area (Å²) >= 11 is 5.94. The maximum atomic E-state index is 12.7. The number of halogens is 1. The molecule has 132 valence electrons. The quantitative estimate of drug-likeness (QED) is 0.871. The molecule has 2 fully saturated rings. The molecule has 25 heavy (non-hydrogen) atoms. The predicted octanol–water partition coefficient (Wildman–Crippen LogP) is 1.96. The van der Waals surface area contributed by atoms with Gasteiger partial charge in [-0.25, -0.2) is 0 Å². The number of hydrogen-bond donors (Lipinski definition) is 2. The summed E-state index contributed by atoms with van der Waals surface area (Å²) in [7, 11) is 1.64. The van der Waals surface area contributed by atoms with Crippen LogP contribution in [0.3, 0.4) is 0 Å². The van der Waals surface area contributed by atoms with Crippen LogP contribution in [0.2, 0.25) is 5.02 Å². The third-order valence-electron chi connectivity index (χ3n) is 5.27. The van der Waals surface area contributed by atoms with Gasteiger partial charge in [-0.05, 0) is 24.6 Å². The second-order valence-corrected chi connectivity index (χ2v) is 7.06. The van der Waals surface area contributed by atoms with E-state index in [-0.39, 0.29) is 35.0 Å². The lowest BCUT2D eigenvalue weighted by atomic mass is 9.67. The van der Waals surface area contributed by atoms with Crippen LogP contribution >= 0.6 is 11.6 Å². The molecule has 7 heteroatoms. The Kier molecular flexibility index (Phi) is 4.27. The van der Waals surface area contributed by atoms with Gasteiger partial charge in [0, 0.05) is 48.2 Å². The van der Waals surface area contributed by atoms with Crippen molar-refractivity contribution < 1.29 is 14.3 Å². The second kappa shape index (κ2) is 6.44. The molecule has 1 aromatic heterocycles. The van der Waals surface area contributed by atoms with Gasteiger partial charge in [0.25, 0.3) is 5.91 Å². The van der Waals surface area contributed by atoms with Gasteiger partial charge in [0.2, 0.25) is 5.43 Å². The molecule has 0 spiro atoms. The highest BCUT2D eigenvalue weighted by Gasteiger charge is 2.54. The largest absolute Gasteiger partial charge is 0.384 e. The van der Waals surface area contributed by atoms with Gasteiger partial charge in [-0.15, -0.1) is 0 Å². The van der Waals surface area contributed by atoms with Gasteiger partial charge in [-0.1, -0.05) is 11.6 Å². The summed E-state index contributed by atoms with van der Waals surface area (Å²) in [5.74, 6) is 0.0526. The molecule has 6 nitrogen and oxygen atoms in total. The third-order valence-corrected chi connectivity index (χ3v) is 5.51. The van der Waals surface area contributed by atoms with Gasteiger partial charge in [-0.3, -0.25) is 9.59 Å². The summed E-state index contributed by atoms with van der Waals surface area (Å²) in [6, 6.07) is 4.91. The van der Waals surface area contributed by atoms with Gasteiger partial charge in [0.05, 0.1) is 18.2 Å². The summed E-state index contributed by atoms with van der Waals surface area (Å²) in [4.78, 5) is 28.3. The number of ether oxygens (including phenoxy) is 2. The Morgan fingerprint density at radius 1 is 1.48 bits per heavy atom. The molecule has 1 saturated carbocycles. The van der Waals surface area contributed by atoms with E-state index in [9.17, 15) is 9.59 Å². The summed E-state index contributed by atoms with van der Waals surface area (Å²) in [6.07, 6.45) is 2.51. The van der Waals surface area contributed by atoms with Gasteiger partial charge >= 0.3 is 0 Å². The fraction of sp³-hybridized carbons (Fsp3) is 0.444. The Labute approximate surface area is 149 Å². The molecule has 2 aliphatic rings. The first-order valence-electron chi connectivity index (χ1n) is 8.32. The van der Waals surface area contributed by atoms with Crippen LogP contribution in [-0.2, 0) is 9.47 Å². The Bertz CT molecular complexity index is 881. The zero-order valence-electron chi connectivity index (χ0n) is 13.8. The molecular weight excluding hydrogens is 344 g/mol. The Morgan fingerprint density at radius 2 is 2.32 bits per heavy atom. The summed E-state index contributed by atoms with van der Waals surface area (Å²) < 4.78 is 11.0. The average Bonchev–Trinajstić information content (AvgIpc) is 3.02. The number of benzene rings is 1. The predicted molar refractivity (Wildman–Crippen MR) is 94.0 cm³/mol. The number of pyridine rings is 1. The lowest BCUT2D eigenvalue weighted by Crippen LogP contribution is -2.63. The first kappa shape index (κ1) is 16.6. The maximum absolute atomic E-state index is 12.7. The number of rotatable bonds is 4. The van der Waals surface area contributed by atoms with Crippen LogP contribution in [0.1, 0.15) is 16.8 Å². The van der Waals surface area contributed by atoms with E-state index in [2.05, 4.69) is 10.3 Å². The highest BCUT2D eigenvalue weighted by atomic mass is 35.5. The molecule has 2 N–H and O–H groups in total. The van der Waals surface area contributed by atoms with Crippen LogP contribution in [0.15, 0.2) is 29.2 Å². The number of aromatic amines is 1. The lowest BCUT2D eigenvalue weighted by molar-refractivity contribution is -0.0809. The Hall–Kier alpha value is -1.89. The van der Waals surface area contributed by atoms with Crippen molar-refractivity contribution in [2.75, 3.05) is 20.3 Å². The van der Waals surface area contributed by atoms with Gasteiger partial charge in [-0.2, -0.15) is 0 Å². The number of amides is 1. The number of carbonyl (C=O) groups is 1. The number of hydrogen-bond acceptors (Lipinski definition) is 4. The Morgan fingerprint density at radius 3 is 3.12 bits per heavy atom. The smallest absolute Gasteiger partial charge is 0.257 e. The summed E-state index contributed by atoms with van der Waals surface area (Å²) in [5, 5.41) is 3.99. The van der Waals surface area contributed by atoms with Crippen LogP contribution in [0.25, 0.3) is 10.9 Å². The van der Waals surface area contributed by atoms with Crippen molar-refractivity contribution in [2.45, 2.75) is 18.6 Å². The molecule has 1 aliphatic heterocycles. The molecule has 4 atom stereocenters. The number of carbonyl (C=O) groups excluding carboxylic acids is 1. The standard InChI is InChI=1S/C18H19ClN2O4/c1-24-8-13-15(11-4-5-25-17(11)13)21-18(23)12-7-20-14-6-9(19)2-3-10(14)16(12)22/h2-3,6-7,11,13,15,17H,4-5,8H2,1H3,(H,20,22)(H,21,23)/t11-,13+,15+,17-/m0/s1. The van der Waals surface area contributed by atoms with Crippen LogP contribution in [-0.4, -0.2) is 43.4 Å². The number of aromatic nitrogens is 1. The number of methoxy groups -OCH3 is 1. The monoisotopic (exact) mass is 362 g/mol. The first-order valence-corrected chi connectivity index (χ1v) is 8.70. The second-order valence-electron chi connectivity index (χ2n) is 6.63. The van der Waals surface area contributed by atoms with E-state index >= 15 is 0 Å². The molecule has 4 rings (SSSR count). The number of fused-ring (bicyclic) bond motifs is 2. The zero-order valence-corrected chi connectivity index (χ0v) is 14.5. The van der Waals surface area contributed by atoms with Gasteiger partial charge < -0.3 is 19.8 Å². The van der Waals surface area contributed by atoms with Crippen molar-refractivity contribution in [3.8, 4) is 0 Å². The van der Waals surface area contributed by atoms with Crippen molar-refractivity contribution in [2.24, 2.45) is 11.8 Å². The van der Waals surface area contributed by atoms with E-state index < -0.39 is 0 Å². The molecular formula is C18H19ClN2O4. The van der Waals surface area contributed by atoms with Crippen molar-refractivity contribution in [3.05, 3.63) is 45.2 Å². The van der Waals surface area contributed by atoms with E-state index in [0.29, 0.717) is 35.1 Å². The third kappa shape index (κ3) is 2.74. The van der Waals surface area contributed by atoms with E-state index in [0.717, 1.165) is 6.42 Å². The minimum Gasteiger partial charge on any atom is -0.384 e. The van der Waals surface area contributed by atoms with Crippen LogP contribution in [0, 0.1) is 11.8 Å².